The lowest BCUT2D eigenvalue weighted by Gasteiger charge is -2.00. The quantitative estimate of drug-likeness (QED) is 0.409. The van der Waals surface area contributed by atoms with Crippen LogP contribution >= 0.6 is 0 Å². The molecule has 0 amide bonds. The maximum atomic E-state index is 11.1. The number of allylic oxidation sites excluding steroid dienone is 4. The summed E-state index contributed by atoms with van der Waals surface area (Å²) in [5.41, 5.74) is 13.5. The van der Waals surface area contributed by atoms with Crippen molar-refractivity contribution in [2.75, 3.05) is 11.5 Å². The highest BCUT2D eigenvalue weighted by Gasteiger charge is 2.12. The minimum atomic E-state index is -0.190. The van der Waals surface area contributed by atoms with E-state index < -0.39 is 0 Å². The Morgan fingerprint density at radius 3 is 2.79 bits per heavy atom. The fraction of sp³-hybridized carbons (Fsp3) is 0.0588. The average Bonchev–Trinajstić information content (AvgIpc) is 3.23. The van der Waals surface area contributed by atoms with Crippen molar-refractivity contribution in [3.8, 4) is 0 Å². The Morgan fingerprint density at radius 1 is 1.04 bits per heavy atom. The van der Waals surface area contributed by atoms with E-state index in [2.05, 4.69) is 40.2 Å². The van der Waals surface area contributed by atoms with Crippen LogP contribution in [0.25, 0.3) is 16.9 Å². The zero-order valence-corrected chi connectivity index (χ0v) is 14.5. The highest BCUT2D eigenvalue weighted by molar-refractivity contribution is 5.83. The van der Waals surface area contributed by atoms with Crippen molar-refractivity contribution in [2.24, 2.45) is 4.99 Å². The smallest absolute Gasteiger partial charge is 0.258 e. The number of rotatable bonds is 1. The molecule has 2 aliphatic heterocycles. The Morgan fingerprint density at radius 2 is 1.93 bits per heavy atom. The molecule has 0 saturated carbocycles. The predicted octanol–water partition coefficient (Wildman–Crippen LogP) is 0.560. The third-order valence-corrected chi connectivity index (χ3v) is 3.91. The van der Waals surface area contributed by atoms with E-state index in [1.54, 1.807) is 6.21 Å². The number of nitrogens with zero attached hydrogens (tertiary/aromatic N) is 5. The predicted molar refractivity (Wildman–Crippen MR) is 107 cm³/mol. The van der Waals surface area contributed by atoms with E-state index >= 15 is 0 Å². The van der Waals surface area contributed by atoms with E-state index in [-0.39, 0.29) is 11.5 Å². The van der Waals surface area contributed by atoms with E-state index in [0.717, 1.165) is 5.70 Å². The van der Waals surface area contributed by atoms with Crippen LogP contribution in [0.5, 0.6) is 0 Å². The topological polar surface area (TPSA) is 177 Å². The maximum absolute atomic E-state index is 11.1. The molecule has 0 aliphatic carbocycles. The third kappa shape index (κ3) is 3.35. The van der Waals surface area contributed by atoms with Gasteiger partial charge in [-0.15, -0.1) is 0 Å². The summed E-state index contributed by atoms with van der Waals surface area (Å²) in [7, 11) is 0. The van der Waals surface area contributed by atoms with Crippen LogP contribution in [-0.2, 0) is 6.42 Å². The zero-order valence-electron chi connectivity index (χ0n) is 14.5. The first kappa shape index (κ1) is 17.1. The number of H-pyrrole nitrogens is 2. The van der Waals surface area contributed by atoms with Gasteiger partial charge in [-0.25, -0.2) is 19.9 Å². The van der Waals surface area contributed by atoms with Gasteiger partial charge in [0, 0.05) is 18.8 Å². The molecule has 7 N–H and O–H groups in total. The Bertz CT molecular complexity index is 1210. The number of imidazole rings is 1. The van der Waals surface area contributed by atoms with Crippen LogP contribution in [0.4, 0.5) is 17.6 Å². The number of hydrogen-bond acceptors (Lipinski definition) is 9. The Balaban J connectivity index is 0.000000151. The van der Waals surface area contributed by atoms with Gasteiger partial charge in [-0.05, 0) is 12.2 Å². The van der Waals surface area contributed by atoms with Crippen molar-refractivity contribution in [3.05, 3.63) is 58.6 Å². The van der Waals surface area contributed by atoms with E-state index in [9.17, 15) is 4.79 Å². The number of fused-ring (bicyclic) bond motifs is 2. The van der Waals surface area contributed by atoms with Gasteiger partial charge in [-0.2, -0.15) is 4.98 Å². The van der Waals surface area contributed by atoms with Gasteiger partial charge in [0.25, 0.3) is 5.56 Å². The largest absolute Gasteiger partial charge is 0.382 e. The molecule has 3 aromatic rings. The van der Waals surface area contributed by atoms with Gasteiger partial charge < -0.3 is 21.8 Å². The molecule has 3 aromatic heterocycles. The molecule has 0 unspecified atom stereocenters. The summed E-state index contributed by atoms with van der Waals surface area (Å²) in [6.07, 6.45) is 13.1. The fourth-order valence-electron chi connectivity index (χ4n) is 2.60. The van der Waals surface area contributed by atoms with Crippen LogP contribution in [-0.4, -0.2) is 36.1 Å². The summed E-state index contributed by atoms with van der Waals surface area (Å²) in [6, 6.07) is 0. The van der Waals surface area contributed by atoms with Crippen molar-refractivity contribution in [1.82, 2.24) is 35.2 Å². The SMILES string of the molecule is Nc1nc2c(c(=O)[nH]1)CC=N2.Nc1ncnc2nc(C3=CC=CC=CN3)[nH]c12. The molecule has 0 radical (unpaired) electrons. The second-order valence-electron chi connectivity index (χ2n) is 5.78. The lowest BCUT2D eigenvalue weighted by Crippen LogP contribution is -2.14. The second kappa shape index (κ2) is 7.15. The minimum absolute atomic E-state index is 0.118. The van der Waals surface area contributed by atoms with Crippen molar-refractivity contribution in [1.29, 1.82) is 0 Å². The summed E-state index contributed by atoms with van der Waals surface area (Å²) in [5, 5.41) is 3.11. The van der Waals surface area contributed by atoms with Gasteiger partial charge in [0.1, 0.15) is 11.8 Å². The Kier molecular flexibility index (Phi) is 4.38. The lowest BCUT2D eigenvalue weighted by molar-refractivity contribution is 1.09. The average molecular weight is 376 g/mol. The summed E-state index contributed by atoms with van der Waals surface area (Å²) < 4.78 is 0. The molecule has 0 fully saturated rings. The Hall–Kier alpha value is -4.28. The van der Waals surface area contributed by atoms with Crippen LogP contribution in [0, 0.1) is 0 Å². The minimum Gasteiger partial charge on any atom is -0.382 e. The van der Waals surface area contributed by atoms with E-state index in [4.69, 9.17) is 11.5 Å². The third-order valence-electron chi connectivity index (χ3n) is 3.91. The molecule has 0 saturated heterocycles. The molecule has 5 rings (SSSR count). The van der Waals surface area contributed by atoms with Crippen LogP contribution < -0.4 is 22.3 Å². The number of aromatic amines is 2. The van der Waals surface area contributed by atoms with Crippen molar-refractivity contribution in [3.63, 3.8) is 0 Å². The summed E-state index contributed by atoms with van der Waals surface area (Å²) in [4.78, 5) is 36.6. The zero-order chi connectivity index (χ0) is 19.5. The first-order valence-corrected chi connectivity index (χ1v) is 8.29. The van der Waals surface area contributed by atoms with Crippen molar-refractivity contribution in [2.45, 2.75) is 6.42 Å². The number of hydrogen-bond donors (Lipinski definition) is 5. The number of nitrogens with two attached hydrogens (primary N) is 2. The second-order valence-corrected chi connectivity index (χ2v) is 5.78. The van der Waals surface area contributed by atoms with Crippen LogP contribution in [0.2, 0.25) is 0 Å². The Labute approximate surface area is 158 Å². The van der Waals surface area contributed by atoms with Crippen molar-refractivity contribution >= 4 is 40.7 Å². The van der Waals surface area contributed by atoms with Crippen molar-refractivity contribution < 1.29 is 0 Å². The van der Waals surface area contributed by atoms with E-state index in [0.29, 0.717) is 40.6 Å². The number of aliphatic imine (C=N–C) groups is 1. The number of anilines is 2. The molecular formula is C17H16N10O. The van der Waals surface area contributed by atoms with Gasteiger partial charge >= 0.3 is 0 Å². The highest BCUT2D eigenvalue weighted by atomic mass is 16.1. The molecule has 11 nitrogen and oxygen atoms in total. The van der Waals surface area contributed by atoms with Gasteiger partial charge in [-0.1, -0.05) is 12.2 Å². The standard InChI is InChI=1S/C11H10N6.C6H6N4O/c12-9-8-11(15-6-14-9)17-10(16-8)7-4-2-1-3-5-13-7;7-6-9-4-3(1-2-8-4)5(11)10-6/h1-6,13H,(H3,12,14,15,16,17);2H,1H2,(H3,7,9,10,11). The van der Waals surface area contributed by atoms with Crippen LogP contribution in [0.3, 0.4) is 0 Å². The number of nitrogen functional groups attached to an aromatic ring is 2. The van der Waals surface area contributed by atoms with E-state index in [1.807, 2.05) is 30.5 Å². The maximum Gasteiger partial charge on any atom is 0.258 e. The van der Waals surface area contributed by atoms with Gasteiger partial charge in [0.15, 0.2) is 23.1 Å². The van der Waals surface area contributed by atoms with Gasteiger partial charge in [0.05, 0.1) is 11.3 Å². The molecule has 5 heterocycles. The molecule has 11 heteroatoms. The van der Waals surface area contributed by atoms with Crippen LogP contribution in [0.1, 0.15) is 11.4 Å². The monoisotopic (exact) mass is 376 g/mol. The number of aromatic nitrogens is 6. The molecule has 28 heavy (non-hydrogen) atoms. The fourth-order valence-corrected chi connectivity index (χ4v) is 2.60. The summed E-state index contributed by atoms with van der Waals surface area (Å²) in [5.74, 6) is 1.65. The summed E-state index contributed by atoms with van der Waals surface area (Å²) >= 11 is 0. The summed E-state index contributed by atoms with van der Waals surface area (Å²) in [6.45, 7) is 0. The van der Waals surface area contributed by atoms with E-state index in [1.165, 1.54) is 6.33 Å². The lowest BCUT2D eigenvalue weighted by atomic mass is 10.3. The molecule has 0 spiro atoms. The highest BCUT2D eigenvalue weighted by Crippen LogP contribution is 2.18. The molecule has 0 aromatic carbocycles. The normalized spacial score (nSPS) is 14.1. The molecule has 0 atom stereocenters. The molecular weight excluding hydrogens is 360 g/mol. The van der Waals surface area contributed by atoms with Gasteiger partial charge in [0.2, 0.25) is 5.95 Å². The molecule has 0 bridgehead atoms. The first-order chi connectivity index (χ1) is 13.6. The molecule has 140 valence electrons. The first-order valence-electron chi connectivity index (χ1n) is 8.29. The van der Waals surface area contributed by atoms with Gasteiger partial charge in [-0.3, -0.25) is 9.78 Å². The molecule has 2 aliphatic rings. The number of nitrogens with one attached hydrogen (secondary N) is 3. The van der Waals surface area contributed by atoms with Crippen LogP contribution in [0.15, 0.2) is 46.6 Å².